The van der Waals surface area contributed by atoms with Gasteiger partial charge in [-0.05, 0) is 13.8 Å². The van der Waals surface area contributed by atoms with Crippen LogP contribution in [0, 0.1) is 0 Å². The fraction of sp³-hybridized carbons (Fsp3) is 1.00. The zero-order valence-corrected chi connectivity index (χ0v) is 5.61. The monoisotopic (exact) mass is 132 g/mol. The van der Waals surface area contributed by atoms with Gasteiger partial charge in [0.2, 0.25) is 0 Å². The Morgan fingerprint density at radius 1 is 1.44 bits per heavy atom. The van der Waals surface area contributed by atoms with Gasteiger partial charge in [-0.15, -0.1) is 0 Å². The van der Waals surface area contributed by atoms with Crippen LogP contribution < -0.4 is 0 Å². The van der Waals surface area contributed by atoms with Crippen molar-refractivity contribution in [2.75, 3.05) is 0 Å². The molecule has 0 radical (unpaired) electrons. The highest BCUT2D eigenvalue weighted by atomic mass is 16.6. The number of aliphatic hydroxyl groups excluding tert-OH is 2. The van der Waals surface area contributed by atoms with Gasteiger partial charge in [0.05, 0.1) is 12.2 Å². The van der Waals surface area contributed by atoms with Gasteiger partial charge in [0.25, 0.3) is 0 Å². The Morgan fingerprint density at radius 3 is 2.00 bits per heavy atom. The summed E-state index contributed by atoms with van der Waals surface area (Å²) < 4.78 is 4.93. The maximum atomic E-state index is 9.06. The van der Waals surface area contributed by atoms with Crippen LogP contribution in [0.15, 0.2) is 0 Å². The van der Waals surface area contributed by atoms with E-state index in [1.807, 2.05) is 6.92 Å². The van der Waals surface area contributed by atoms with Crippen LogP contribution in [-0.4, -0.2) is 34.6 Å². The van der Waals surface area contributed by atoms with Crippen LogP contribution in [0.1, 0.15) is 13.8 Å². The molecule has 1 fully saturated rings. The maximum Gasteiger partial charge on any atom is 0.112 e. The molecule has 1 aliphatic heterocycles. The van der Waals surface area contributed by atoms with E-state index in [2.05, 4.69) is 0 Å². The molecule has 1 saturated heterocycles. The van der Waals surface area contributed by atoms with E-state index in [1.54, 1.807) is 6.92 Å². The Labute approximate surface area is 54.3 Å². The van der Waals surface area contributed by atoms with Gasteiger partial charge in [0.15, 0.2) is 0 Å². The van der Waals surface area contributed by atoms with Gasteiger partial charge in [-0.25, -0.2) is 0 Å². The SMILES string of the molecule is CC(O)C(O)C1OC1C. The van der Waals surface area contributed by atoms with Crippen LogP contribution in [-0.2, 0) is 4.74 Å². The molecule has 2 N–H and O–H groups in total. The molecule has 0 aromatic carbocycles. The molecule has 4 atom stereocenters. The molecule has 1 aliphatic rings. The standard InChI is InChI=1S/C6H12O3/c1-3(7)5(8)6-4(2)9-6/h3-8H,1-2H3. The summed E-state index contributed by atoms with van der Waals surface area (Å²) in [5.41, 5.74) is 0. The van der Waals surface area contributed by atoms with Gasteiger partial charge >= 0.3 is 0 Å². The Balaban J connectivity index is 2.27. The summed E-state index contributed by atoms with van der Waals surface area (Å²) in [7, 11) is 0. The van der Waals surface area contributed by atoms with Gasteiger partial charge in [-0.1, -0.05) is 0 Å². The third-order valence-corrected chi connectivity index (χ3v) is 1.59. The van der Waals surface area contributed by atoms with E-state index in [-0.39, 0.29) is 12.2 Å². The van der Waals surface area contributed by atoms with Crippen LogP contribution in [0.2, 0.25) is 0 Å². The van der Waals surface area contributed by atoms with E-state index in [4.69, 9.17) is 14.9 Å². The quantitative estimate of drug-likeness (QED) is 0.499. The number of hydrogen-bond donors (Lipinski definition) is 2. The maximum absolute atomic E-state index is 9.06. The minimum Gasteiger partial charge on any atom is -0.391 e. The molecule has 0 aromatic rings. The van der Waals surface area contributed by atoms with E-state index in [1.165, 1.54) is 0 Å². The summed E-state index contributed by atoms with van der Waals surface area (Å²) >= 11 is 0. The molecule has 3 heteroatoms. The van der Waals surface area contributed by atoms with E-state index < -0.39 is 12.2 Å². The largest absolute Gasteiger partial charge is 0.391 e. The van der Waals surface area contributed by atoms with Crippen molar-refractivity contribution in [3.05, 3.63) is 0 Å². The number of hydrogen-bond acceptors (Lipinski definition) is 3. The molecule has 1 rings (SSSR count). The number of epoxide rings is 1. The van der Waals surface area contributed by atoms with Crippen LogP contribution in [0.4, 0.5) is 0 Å². The van der Waals surface area contributed by atoms with Crippen molar-refractivity contribution >= 4 is 0 Å². The summed E-state index contributed by atoms with van der Waals surface area (Å²) in [5.74, 6) is 0. The smallest absolute Gasteiger partial charge is 0.112 e. The van der Waals surface area contributed by atoms with Gasteiger partial charge < -0.3 is 14.9 Å². The lowest BCUT2D eigenvalue weighted by Gasteiger charge is -2.08. The number of rotatable bonds is 2. The van der Waals surface area contributed by atoms with Crippen LogP contribution in [0.3, 0.4) is 0 Å². The third kappa shape index (κ3) is 1.41. The Kier molecular flexibility index (Phi) is 1.75. The van der Waals surface area contributed by atoms with E-state index in [0.29, 0.717) is 0 Å². The van der Waals surface area contributed by atoms with Crippen molar-refractivity contribution in [3.8, 4) is 0 Å². The van der Waals surface area contributed by atoms with Gasteiger partial charge in [-0.2, -0.15) is 0 Å². The van der Waals surface area contributed by atoms with E-state index >= 15 is 0 Å². The summed E-state index contributed by atoms with van der Waals surface area (Å²) in [6, 6.07) is 0. The second-order valence-corrected chi connectivity index (χ2v) is 2.54. The average Bonchev–Trinajstić information content (AvgIpc) is 2.44. The van der Waals surface area contributed by atoms with Crippen molar-refractivity contribution in [1.29, 1.82) is 0 Å². The van der Waals surface area contributed by atoms with Crippen molar-refractivity contribution in [2.24, 2.45) is 0 Å². The Bertz CT molecular complexity index is 102. The molecule has 1 heterocycles. The minimum absolute atomic E-state index is 0.120. The molecule has 0 spiro atoms. The highest BCUT2D eigenvalue weighted by Crippen LogP contribution is 2.25. The first kappa shape index (κ1) is 6.99. The third-order valence-electron chi connectivity index (χ3n) is 1.59. The van der Waals surface area contributed by atoms with Gasteiger partial charge in [-0.3, -0.25) is 0 Å². The number of ether oxygens (including phenoxy) is 1. The number of aliphatic hydroxyl groups is 2. The summed E-state index contributed by atoms with van der Waals surface area (Å²) in [4.78, 5) is 0. The first-order chi connectivity index (χ1) is 4.13. The molecule has 9 heavy (non-hydrogen) atoms. The molecule has 54 valence electrons. The predicted molar refractivity (Wildman–Crippen MR) is 32.0 cm³/mol. The van der Waals surface area contributed by atoms with Gasteiger partial charge in [0.1, 0.15) is 12.2 Å². The fourth-order valence-electron chi connectivity index (χ4n) is 0.835. The van der Waals surface area contributed by atoms with E-state index in [9.17, 15) is 0 Å². The van der Waals surface area contributed by atoms with Crippen LogP contribution in [0.5, 0.6) is 0 Å². The average molecular weight is 132 g/mol. The molecule has 4 unspecified atom stereocenters. The van der Waals surface area contributed by atoms with Crippen molar-refractivity contribution in [1.82, 2.24) is 0 Å². The normalized spacial score (nSPS) is 40.0. The molecule has 0 amide bonds. The fourth-order valence-corrected chi connectivity index (χ4v) is 0.835. The van der Waals surface area contributed by atoms with Crippen molar-refractivity contribution < 1.29 is 14.9 Å². The topological polar surface area (TPSA) is 53.0 Å². The second kappa shape index (κ2) is 2.25. The zero-order valence-electron chi connectivity index (χ0n) is 5.61. The highest BCUT2D eigenvalue weighted by Gasteiger charge is 2.42. The lowest BCUT2D eigenvalue weighted by molar-refractivity contribution is 0.0137. The zero-order chi connectivity index (χ0) is 7.02. The minimum atomic E-state index is -0.708. The first-order valence-electron chi connectivity index (χ1n) is 3.14. The molecular weight excluding hydrogens is 120 g/mol. The molecule has 0 bridgehead atoms. The first-order valence-corrected chi connectivity index (χ1v) is 3.14. The lowest BCUT2D eigenvalue weighted by atomic mass is 10.1. The molecule has 3 nitrogen and oxygen atoms in total. The van der Waals surface area contributed by atoms with Crippen LogP contribution >= 0.6 is 0 Å². The van der Waals surface area contributed by atoms with Crippen LogP contribution in [0.25, 0.3) is 0 Å². The van der Waals surface area contributed by atoms with Crippen molar-refractivity contribution in [2.45, 2.75) is 38.3 Å². The second-order valence-electron chi connectivity index (χ2n) is 2.54. The lowest BCUT2D eigenvalue weighted by Crippen LogP contribution is -2.28. The summed E-state index contributed by atoms with van der Waals surface area (Å²) in [6.45, 7) is 3.43. The van der Waals surface area contributed by atoms with Crippen molar-refractivity contribution in [3.63, 3.8) is 0 Å². The molecule has 0 aromatic heterocycles. The summed E-state index contributed by atoms with van der Waals surface area (Å²) in [5, 5.41) is 17.9. The summed E-state index contributed by atoms with van der Waals surface area (Å²) in [6.07, 6.45) is -1.40. The molecular formula is C6H12O3. The highest BCUT2D eigenvalue weighted by molar-refractivity contribution is 4.89. The Hall–Kier alpha value is -0.120. The Morgan fingerprint density at radius 2 is 1.89 bits per heavy atom. The predicted octanol–water partition coefficient (Wildman–Crippen LogP) is -0.485. The molecule has 0 aliphatic carbocycles. The van der Waals surface area contributed by atoms with Gasteiger partial charge in [0, 0.05) is 0 Å². The molecule has 0 saturated carbocycles. The van der Waals surface area contributed by atoms with E-state index in [0.717, 1.165) is 0 Å².